The number of nitrogens with zero attached hydrogens (tertiary/aromatic N) is 8. The van der Waals surface area contributed by atoms with E-state index >= 15 is 4.39 Å². The number of morpholine rings is 1. The number of unbranched alkanes of at least 4 members (excludes halogenated alkanes) is 1. The summed E-state index contributed by atoms with van der Waals surface area (Å²) in [6.45, 7) is 6.41. The van der Waals surface area contributed by atoms with Gasteiger partial charge in [0.05, 0.1) is 26.0 Å². The maximum atomic E-state index is 16.6. The molecule has 1 amide bonds. The monoisotopic (exact) mass is 586 g/mol. The van der Waals surface area contributed by atoms with Crippen molar-refractivity contribution in [1.29, 1.82) is 0 Å². The summed E-state index contributed by atoms with van der Waals surface area (Å²) in [5.41, 5.74) is 0.986. The van der Waals surface area contributed by atoms with Crippen molar-refractivity contribution in [2.75, 3.05) is 83.0 Å². The van der Waals surface area contributed by atoms with Crippen molar-refractivity contribution in [2.24, 2.45) is 0 Å². The molecule has 1 unspecified atom stereocenters. The lowest BCUT2D eigenvalue weighted by molar-refractivity contribution is 0.0898. The second-order valence-electron chi connectivity index (χ2n) is 11.0. The van der Waals surface area contributed by atoms with Gasteiger partial charge in [0.2, 0.25) is 5.82 Å². The van der Waals surface area contributed by atoms with Gasteiger partial charge in [0, 0.05) is 51.5 Å². The average molecular weight is 587 g/mol. The number of likely N-dealkylation sites (tertiary alicyclic amines) is 1. The second-order valence-corrected chi connectivity index (χ2v) is 11.0. The Morgan fingerprint density at radius 2 is 1.95 bits per heavy atom. The van der Waals surface area contributed by atoms with E-state index in [-0.39, 0.29) is 29.6 Å². The molecule has 0 N–H and O–H groups in total. The van der Waals surface area contributed by atoms with Gasteiger partial charge in [0.25, 0.3) is 0 Å². The standard InChI is InChI=1S/C29H40F2N8O3/c1-4-5-15-42-29(40)37-10-6-7-22(20-37)38(12-11-35(2)3)28-25(31)27(36-13-16-41-17-14-36)33-26(34-28)23-18-32-24-9-8-21(30)19-39(23)24/h8-9,18-19,22H,4-7,10-17,20H2,1-3H3. The predicted molar refractivity (Wildman–Crippen MR) is 156 cm³/mol. The van der Waals surface area contributed by atoms with Crippen molar-refractivity contribution in [1.82, 2.24) is 29.2 Å². The van der Waals surface area contributed by atoms with Crippen molar-refractivity contribution < 1.29 is 23.0 Å². The summed E-state index contributed by atoms with van der Waals surface area (Å²) in [5.74, 6) is -0.389. The first-order valence-electron chi connectivity index (χ1n) is 14.7. The zero-order valence-electron chi connectivity index (χ0n) is 24.6. The van der Waals surface area contributed by atoms with Crippen LogP contribution in [-0.2, 0) is 9.47 Å². The van der Waals surface area contributed by atoms with E-state index in [1.54, 1.807) is 21.6 Å². The first kappa shape index (κ1) is 29.9. The Morgan fingerprint density at radius 3 is 2.71 bits per heavy atom. The number of carbonyl (C=O) groups is 1. The maximum absolute atomic E-state index is 16.6. The lowest BCUT2D eigenvalue weighted by Gasteiger charge is -2.40. The van der Waals surface area contributed by atoms with Crippen molar-refractivity contribution in [3.8, 4) is 11.5 Å². The fraction of sp³-hybridized carbons (Fsp3) is 0.586. The average Bonchev–Trinajstić information content (AvgIpc) is 3.41. The largest absolute Gasteiger partial charge is 0.449 e. The van der Waals surface area contributed by atoms with Gasteiger partial charge in [-0.1, -0.05) is 13.3 Å². The first-order valence-corrected chi connectivity index (χ1v) is 14.7. The van der Waals surface area contributed by atoms with E-state index in [1.165, 1.54) is 12.3 Å². The van der Waals surface area contributed by atoms with Gasteiger partial charge in [-0.15, -0.1) is 0 Å². The van der Waals surface area contributed by atoms with Gasteiger partial charge in [-0.05, 0) is 45.5 Å². The van der Waals surface area contributed by atoms with Crippen LogP contribution >= 0.6 is 0 Å². The van der Waals surface area contributed by atoms with Crippen LogP contribution in [0.1, 0.15) is 32.6 Å². The van der Waals surface area contributed by atoms with E-state index in [4.69, 9.17) is 14.5 Å². The lowest BCUT2D eigenvalue weighted by Crippen LogP contribution is -2.52. The number of likely N-dealkylation sites (N-methyl/N-ethyl adjacent to an activating group) is 1. The van der Waals surface area contributed by atoms with Crippen LogP contribution in [0.15, 0.2) is 24.5 Å². The maximum Gasteiger partial charge on any atom is 0.409 e. The third-order valence-corrected chi connectivity index (χ3v) is 7.70. The molecule has 3 aromatic heterocycles. The molecule has 1 atom stereocenters. The van der Waals surface area contributed by atoms with Gasteiger partial charge < -0.3 is 29.1 Å². The Morgan fingerprint density at radius 1 is 1.14 bits per heavy atom. The third-order valence-electron chi connectivity index (χ3n) is 7.70. The highest BCUT2D eigenvalue weighted by Crippen LogP contribution is 2.32. The van der Waals surface area contributed by atoms with Crippen LogP contribution in [0.25, 0.3) is 17.2 Å². The van der Waals surface area contributed by atoms with Crippen LogP contribution in [0.4, 0.5) is 25.2 Å². The molecule has 11 nitrogen and oxygen atoms in total. The number of pyridine rings is 1. The molecule has 13 heteroatoms. The van der Waals surface area contributed by atoms with E-state index in [0.717, 1.165) is 25.7 Å². The van der Waals surface area contributed by atoms with E-state index < -0.39 is 11.6 Å². The van der Waals surface area contributed by atoms with Gasteiger partial charge >= 0.3 is 6.09 Å². The molecule has 5 rings (SSSR count). The molecule has 0 spiro atoms. The molecule has 3 aromatic rings. The highest BCUT2D eigenvalue weighted by atomic mass is 19.1. The summed E-state index contributed by atoms with van der Waals surface area (Å²) in [5, 5.41) is 0. The molecule has 0 bridgehead atoms. The molecule has 0 aliphatic carbocycles. The zero-order chi connectivity index (χ0) is 29.6. The van der Waals surface area contributed by atoms with Crippen LogP contribution in [0.5, 0.6) is 0 Å². The van der Waals surface area contributed by atoms with Gasteiger partial charge in [-0.3, -0.25) is 4.40 Å². The molecular formula is C29H40F2N8O3. The number of imidazole rings is 1. The minimum absolute atomic E-state index is 0.154. The highest BCUT2D eigenvalue weighted by Gasteiger charge is 2.33. The Bertz CT molecular complexity index is 1360. The number of hydrogen-bond donors (Lipinski definition) is 0. The van der Waals surface area contributed by atoms with Crippen LogP contribution in [0, 0.1) is 11.6 Å². The number of halogens is 2. The summed E-state index contributed by atoms with van der Waals surface area (Å²) >= 11 is 0. The topological polar surface area (TPSA) is 91.6 Å². The Labute approximate surface area is 245 Å². The van der Waals surface area contributed by atoms with Crippen molar-refractivity contribution >= 4 is 23.4 Å². The molecule has 228 valence electrons. The molecule has 42 heavy (non-hydrogen) atoms. The smallest absolute Gasteiger partial charge is 0.409 e. The number of fused-ring (bicyclic) bond motifs is 1. The third kappa shape index (κ3) is 6.73. The highest BCUT2D eigenvalue weighted by molar-refractivity contribution is 5.68. The first-order chi connectivity index (χ1) is 20.4. The van der Waals surface area contributed by atoms with E-state index in [0.29, 0.717) is 70.4 Å². The summed E-state index contributed by atoms with van der Waals surface area (Å²) in [6, 6.07) is 2.73. The van der Waals surface area contributed by atoms with E-state index in [2.05, 4.69) is 9.97 Å². The van der Waals surface area contributed by atoms with Gasteiger partial charge in [-0.25, -0.2) is 24.1 Å². The Kier molecular flexibility index (Phi) is 9.68. The number of anilines is 2. The fourth-order valence-electron chi connectivity index (χ4n) is 5.37. The minimum Gasteiger partial charge on any atom is -0.449 e. The van der Waals surface area contributed by atoms with Crippen LogP contribution in [0.2, 0.25) is 0 Å². The minimum atomic E-state index is -0.526. The number of piperidine rings is 1. The van der Waals surface area contributed by atoms with Crippen molar-refractivity contribution in [3.63, 3.8) is 0 Å². The molecule has 2 fully saturated rings. The number of amides is 1. The van der Waals surface area contributed by atoms with Gasteiger partial charge in [0.15, 0.2) is 17.5 Å². The number of ether oxygens (including phenoxy) is 2. The molecule has 2 aliphatic heterocycles. The fourth-order valence-corrected chi connectivity index (χ4v) is 5.37. The lowest BCUT2D eigenvalue weighted by atomic mass is 10.0. The molecule has 0 aromatic carbocycles. The molecule has 2 saturated heterocycles. The van der Waals surface area contributed by atoms with Crippen LogP contribution in [0.3, 0.4) is 0 Å². The molecule has 5 heterocycles. The summed E-state index contributed by atoms with van der Waals surface area (Å²) in [6.07, 6.45) is 5.83. The SMILES string of the molecule is CCCCOC(=O)N1CCCC(N(CCN(C)C)c2nc(-c3cnc4ccc(F)cn34)nc(N3CCOCC3)c2F)C1. The Hall–Kier alpha value is -3.58. The van der Waals surface area contributed by atoms with E-state index in [9.17, 15) is 9.18 Å². The van der Waals surface area contributed by atoms with Crippen LogP contribution < -0.4 is 9.80 Å². The normalized spacial score (nSPS) is 17.7. The van der Waals surface area contributed by atoms with Crippen LogP contribution in [-0.4, -0.2) is 114 Å². The summed E-state index contributed by atoms with van der Waals surface area (Å²) in [7, 11) is 3.93. The molecular weight excluding hydrogens is 546 g/mol. The molecule has 2 aliphatic rings. The molecule has 0 radical (unpaired) electrons. The van der Waals surface area contributed by atoms with E-state index in [1.807, 2.05) is 35.7 Å². The predicted octanol–water partition coefficient (Wildman–Crippen LogP) is 3.68. The van der Waals surface area contributed by atoms with Crippen molar-refractivity contribution in [3.05, 3.63) is 36.2 Å². The van der Waals surface area contributed by atoms with Gasteiger partial charge in [0.1, 0.15) is 17.2 Å². The van der Waals surface area contributed by atoms with Gasteiger partial charge in [-0.2, -0.15) is 4.39 Å². The number of carbonyl (C=O) groups excluding carboxylic acids is 1. The number of rotatable bonds is 10. The van der Waals surface area contributed by atoms with Crippen molar-refractivity contribution in [2.45, 2.75) is 38.6 Å². The number of hydrogen-bond acceptors (Lipinski definition) is 9. The zero-order valence-corrected chi connectivity index (χ0v) is 24.6. The quantitative estimate of drug-likeness (QED) is 0.330. The summed E-state index contributed by atoms with van der Waals surface area (Å²) in [4.78, 5) is 34.3. The second kappa shape index (κ2) is 13.6. The Balaban J connectivity index is 1.56. The number of aromatic nitrogens is 4. The summed E-state index contributed by atoms with van der Waals surface area (Å²) < 4.78 is 43.4. The molecule has 0 saturated carbocycles.